The summed E-state index contributed by atoms with van der Waals surface area (Å²) >= 11 is 1.16. The summed E-state index contributed by atoms with van der Waals surface area (Å²) in [6.45, 7) is 3.21. The van der Waals surface area contributed by atoms with Crippen LogP contribution < -0.4 is 5.56 Å². The van der Waals surface area contributed by atoms with Crippen LogP contribution in [0.25, 0.3) is 4.96 Å². The van der Waals surface area contributed by atoms with Crippen LogP contribution in [0.1, 0.15) is 26.6 Å². The highest BCUT2D eigenvalue weighted by atomic mass is 32.1. The molecular formula is C15H12FN3O3S. The summed E-state index contributed by atoms with van der Waals surface area (Å²) < 4.78 is 19.7. The Kier molecular flexibility index (Phi) is 3.91. The van der Waals surface area contributed by atoms with Gasteiger partial charge in [0.2, 0.25) is 4.96 Å². The van der Waals surface area contributed by atoms with Crippen molar-refractivity contribution in [1.82, 2.24) is 14.6 Å². The fourth-order valence-electron chi connectivity index (χ4n) is 1.95. The Bertz CT molecular complexity index is 964. The number of aromatic nitrogens is 3. The Balaban J connectivity index is 1.77. The first-order valence-corrected chi connectivity index (χ1v) is 7.55. The fourth-order valence-corrected chi connectivity index (χ4v) is 2.81. The molecule has 1 aromatic carbocycles. The Hall–Kier alpha value is -2.61. The van der Waals surface area contributed by atoms with Gasteiger partial charge in [0.15, 0.2) is 5.01 Å². The molecule has 2 aromatic heterocycles. The zero-order valence-corrected chi connectivity index (χ0v) is 13.2. The van der Waals surface area contributed by atoms with Gasteiger partial charge in [-0.15, -0.1) is 0 Å². The maximum absolute atomic E-state index is 13.5. The van der Waals surface area contributed by atoms with Crippen molar-refractivity contribution in [3.8, 4) is 0 Å². The Labute approximate surface area is 134 Å². The second-order valence-corrected chi connectivity index (χ2v) is 6.01. The Morgan fingerprint density at radius 2 is 2.13 bits per heavy atom. The van der Waals surface area contributed by atoms with Crippen molar-refractivity contribution < 1.29 is 13.9 Å². The van der Waals surface area contributed by atoms with Crippen LogP contribution in [0.2, 0.25) is 0 Å². The molecule has 0 saturated carbocycles. The van der Waals surface area contributed by atoms with E-state index in [4.69, 9.17) is 4.74 Å². The monoisotopic (exact) mass is 333 g/mol. The van der Waals surface area contributed by atoms with E-state index in [0.29, 0.717) is 21.2 Å². The number of nitrogens with zero attached hydrogens (tertiary/aromatic N) is 3. The number of esters is 1. The van der Waals surface area contributed by atoms with Crippen LogP contribution in [0.3, 0.4) is 0 Å². The lowest BCUT2D eigenvalue weighted by Crippen LogP contribution is -2.14. The van der Waals surface area contributed by atoms with Gasteiger partial charge >= 0.3 is 5.97 Å². The van der Waals surface area contributed by atoms with E-state index in [1.165, 1.54) is 18.2 Å². The number of hydrogen-bond donors (Lipinski definition) is 0. The van der Waals surface area contributed by atoms with E-state index in [1.54, 1.807) is 13.8 Å². The van der Waals surface area contributed by atoms with Crippen LogP contribution in [0.15, 0.2) is 29.1 Å². The van der Waals surface area contributed by atoms with Crippen LogP contribution in [0.4, 0.5) is 4.39 Å². The Morgan fingerprint density at radius 3 is 2.87 bits per heavy atom. The highest BCUT2D eigenvalue weighted by Gasteiger charge is 2.13. The van der Waals surface area contributed by atoms with Crippen LogP contribution in [0.5, 0.6) is 0 Å². The first-order chi connectivity index (χ1) is 10.9. The summed E-state index contributed by atoms with van der Waals surface area (Å²) in [6, 6.07) is 5.51. The van der Waals surface area contributed by atoms with Crippen molar-refractivity contribution in [2.75, 3.05) is 0 Å². The van der Waals surface area contributed by atoms with Gasteiger partial charge in [0.1, 0.15) is 12.4 Å². The van der Waals surface area contributed by atoms with Gasteiger partial charge in [-0.1, -0.05) is 17.4 Å². The predicted molar refractivity (Wildman–Crippen MR) is 82.1 cm³/mol. The minimum Gasteiger partial charge on any atom is -0.455 e. The van der Waals surface area contributed by atoms with Gasteiger partial charge in [-0.05, 0) is 31.5 Å². The minimum atomic E-state index is -0.653. The molecular weight excluding hydrogens is 321 g/mol. The van der Waals surface area contributed by atoms with Crippen molar-refractivity contribution >= 4 is 22.3 Å². The van der Waals surface area contributed by atoms with E-state index in [0.717, 1.165) is 21.9 Å². The number of benzene rings is 1. The zero-order chi connectivity index (χ0) is 16.6. The van der Waals surface area contributed by atoms with Gasteiger partial charge < -0.3 is 4.74 Å². The number of fused-ring (bicyclic) bond motifs is 1. The summed E-state index contributed by atoms with van der Waals surface area (Å²) in [5.74, 6) is -1.12. The highest BCUT2D eigenvalue weighted by Crippen LogP contribution is 2.14. The molecule has 0 spiro atoms. The van der Waals surface area contributed by atoms with Crippen LogP contribution >= 0.6 is 11.3 Å². The number of rotatable bonds is 3. The second kappa shape index (κ2) is 5.88. The summed E-state index contributed by atoms with van der Waals surface area (Å²) in [7, 11) is 0. The van der Waals surface area contributed by atoms with Gasteiger partial charge in [-0.2, -0.15) is 9.61 Å². The first-order valence-electron chi connectivity index (χ1n) is 6.74. The molecule has 0 saturated heterocycles. The molecule has 0 unspecified atom stereocenters. The smallest absolute Gasteiger partial charge is 0.338 e. The maximum Gasteiger partial charge on any atom is 0.338 e. The molecule has 0 aliphatic rings. The quantitative estimate of drug-likeness (QED) is 0.688. The number of aryl methyl sites for hydroxylation is 2. The summed E-state index contributed by atoms with van der Waals surface area (Å²) in [4.78, 5) is 28.3. The Morgan fingerprint density at radius 1 is 1.35 bits per heavy atom. The molecule has 0 radical (unpaired) electrons. The topological polar surface area (TPSA) is 73.6 Å². The molecule has 0 amide bonds. The summed E-state index contributed by atoms with van der Waals surface area (Å²) in [6.07, 6.45) is 0. The average Bonchev–Trinajstić information content (AvgIpc) is 2.91. The molecule has 0 bridgehead atoms. The molecule has 23 heavy (non-hydrogen) atoms. The van der Waals surface area contributed by atoms with Gasteiger partial charge in [-0.25, -0.2) is 14.2 Å². The minimum absolute atomic E-state index is 0.110. The van der Waals surface area contributed by atoms with E-state index < -0.39 is 11.8 Å². The van der Waals surface area contributed by atoms with E-state index in [2.05, 4.69) is 10.1 Å². The molecule has 0 aliphatic carbocycles. The lowest BCUT2D eigenvalue weighted by Gasteiger charge is -2.03. The maximum atomic E-state index is 13.5. The number of ether oxygens (including phenoxy) is 1. The van der Waals surface area contributed by atoms with Gasteiger partial charge in [0.05, 0.1) is 5.56 Å². The molecule has 6 nitrogen and oxygen atoms in total. The lowest BCUT2D eigenvalue weighted by molar-refractivity contribution is 0.0471. The normalized spacial score (nSPS) is 10.9. The van der Waals surface area contributed by atoms with E-state index in [-0.39, 0.29) is 17.7 Å². The number of carbonyl (C=O) groups excluding carboxylic acids is 1. The average molecular weight is 333 g/mol. The first kappa shape index (κ1) is 15.3. The largest absolute Gasteiger partial charge is 0.455 e. The van der Waals surface area contributed by atoms with Crippen molar-refractivity contribution in [3.63, 3.8) is 0 Å². The van der Waals surface area contributed by atoms with Gasteiger partial charge in [0, 0.05) is 11.8 Å². The lowest BCUT2D eigenvalue weighted by atomic mass is 10.1. The highest BCUT2D eigenvalue weighted by molar-refractivity contribution is 7.16. The third kappa shape index (κ3) is 3.11. The van der Waals surface area contributed by atoms with Crippen LogP contribution in [-0.4, -0.2) is 20.6 Å². The molecule has 0 fully saturated rings. The summed E-state index contributed by atoms with van der Waals surface area (Å²) in [5.41, 5.74) is 0.883. The molecule has 3 rings (SSSR count). The molecule has 0 atom stereocenters. The second-order valence-electron chi connectivity index (χ2n) is 4.97. The van der Waals surface area contributed by atoms with Gasteiger partial charge in [-0.3, -0.25) is 4.79 Å². The summed E-state index contributed by atoms with van der Waals surface area (Å²) in [5, 5.41) is 4.49. The molecule has 118 valence electrons. The molecule has 2 heterocycles. The van der Waals surface area contributed by atoms with Crippen molar-refractivity contribution in [1.29, 1.82) is 0 Å². The zero-order valence-electron chi connectivity index (χ0n) is 12.4. The van der Waals surface area contributed by atoms with Crippen molar-refractivity contribution in [2.45, 2.75) is 20.5 Å². The third-order valence-corrected chi connectivity index (χ3v) is 4.03. The third-order valence-electron chi connectivity index (χ3n) is 3.15. The SMILES string of the molecule is Cc1cc(=O)n2nc(COC(=O)c3ccc(C)c(F)c3)sc2n1. The fraction of sp³-hybridized carbons (Fsp3) is 0.200. The molecule has 8 heteroatoms. The number of carbonyl (C=O) groups is 1. The van der Waals surface area contributed by atoms with Crippen molar-refractivity contribution in [3.05, 3.63) is 62.3 Å². The molecule has 0 aliphatic heterocycles. The standard InChI is InChI=1S/C15H12FN3O3S/c1-8-3-4-10(6-11(8)16)14(21)22-7-12-18-19-13(20)5-9(2)17-15(19)23-12/h3-6H,7H2,1-2H3. The van der Waals surface area contributed by atoms with Crippen LogP contribution in [0, 0.1) is 19.7 Å². The van der Waals surface area contributed by atoms with E-state index in [9.17, 15) is 14.0 Å². The molecule has 0 N–H and O–H groups in total. The van der Waals surface area contributed by atoms with E-state index in [1.807, 2.05) is 0 Å². The number of hydrogen-bond acceptors (Lipinski definition) is 6. The van der Waals surface area contributed by atoms with E-state index >= 15 is 0 Å². The number of halogens is 1. The van der Waals surface area contributed by atoms with Gasteiger partial charge in [0.25, 0.3) is 5.56 Å². The predicted octanol–water partition coefficient (Wildman–Crippen LogP) is 2.26. The van der Waals surface area contributed by atoms with Crippen molar-refractivity contribution in [2.24, 2.45) is 0 Å². The van der Waals surface area contributed by atoms with Crippen LogP contribution in [-0.2, 0) is 11.3 Å². The molecule has 3 aromatic rings.